The molecule has 1 atom stereocenters. The summed E-state index contributed by atoms with van der Waals surface area (Å²) >= 11 is 0. The number of benzene rings is 1. The summed E-state index contributed by atoms with van der Waals surface area (Å²) in [7, 11) is 0. The largest absolute Gasteiger partial charge is 0.488 e. The van der Waals surface area contributed by atoms with Crippen LogP contribution in [0.2, 0.25) is 0 Å². The van der Waals surface area contributed by atoms with Crippen LogP contribution in [-0.2, 0) is 13.0 Å². The number of rotatable bonds is 3. The van der Waals surface area contributed by atoms with Gasteiger partial charge < -0.3 is 14.4 Å². The summed E-state index contributed by atoms with van der Waals surface area (Å²) in [5, 5.41) is 8.79. The average Bonchev–Trinajstić information content (AvgIpc) is 2.94. The minimum atomic E-state index is -1.01. The number of carbonyl (C=O) groups is 1. The average molecular weight is 244 g/mol. The first kappa shape index (κ1) is 10.8. The summed E-state index contributed by atoms with van der Waals surface area (Å²) in [6, 6.07) is 7.93. The van der Waals surface area contributed by atoms with Crippen molar-refractivity contribution in [2.24, 2.45) is 0 Å². The van der Waals surface area contributed by atoms with Gasteiger partial charge in [-0.1, -0.05) is 18.2 Å². The number of para-hydroxylation sites is 1. The Morgan fingerprint density at radius 1 is 1.50 bits per heavy atom. The normalized spacial score (nSPS) is 17.2. The number of fused-ring (bicyclic) bond motifs is 1. The zero-order valence-corrected chi connectivity index (χ0v) is 9.61. The van der Waals surface area contributed by atoms with E-state index in [9.17, 15) is 4.79 Å². The summed E-state index contributed by atoms with van der Waals surface area (Å²) in [6.07, 6.45) is 3.93. The second kappa shape index (κ2) is 4.18. The summed E-state index contributed by atoms with van der Waals surface area (Å²) in [5.74, 6) is -0.0922. The lowest BCUT2D eigenvalue weighted by atomic mass is 10.1. The van der Waals surface area contributed by atoms with Gasteiger partial charge in [0.25, 0.3) is 0 Å². The van der Waals surface area contributed by atoms with Crippen LogP contribution in [-0.4, -0.2) is 26.7 Å². The lowest BCUT2D eigenvalue weighted by Crippen LogP contribution is -2.19. The van der Waals surface area contributed by atoms with E-state index in [-0.39, 0.29) is 11.8 Å². The second-order valence-electron chi connectivity index (χ2n) is 4.31. The number of hydrogen-bond donors (Lipinski definition) is 1. The molecule has 0 aliphatic carbocycles. The Bertz CT molecular complexity index is 566. The lowest BCUT2D eigenvalue weighted by Gasteiger charge is -2.10. The maximum atomic E-state index is 10.7. The van der Waals surface area contributed by atoms with Gasteiger partial charge in [0.05, 0.1) is 12.9 Å². The molecule has 0 amide bonds. The fourth-order valence-corrected chi connectivity index (χ4v) is 2.16. The van der Waals surface area contributed by atoms with Gasteiger partial charge in [0.1, 0.15) is 11.9 Å². The molecule has 18 heavy (non-hydrogen) atoms. The molecule has 5 heteroatoms. The van der Waals surface area contributed by atoms with Crippen LogP contribution in [0.1, 0.15) is 16.1 Å². The Labute approximate surface area is 104 Å². The van der Waals surface area contributed by atoms with Crippen LogP contribution in [0.5, 0.6) is 5.75 Å². The standard InChI is InChI=1S/C13H12N2O3/c16-13(17)11-7-15(8-14-11)6-10-5-9-3-1-2-4-12(9)18-10/h1-4,7-8,10H,5-6H2,(H,16,17). The van der Waals surface area contributed by atoms with Crippen LogP contribution in [0, 0.1) is 0 Å². The highest BCUT2D eigenvalue weighted by Gasteiger charge is 2.22. The van der Waals surface area contributed by atoms with Gasteiger partial charge in [-0.05, 0) is 11.6 Å². The number of carboxylic acid groups (broad SMARTS) is 1. The summed E-state index contributed by atoms with van der Waals surface area (Å²) < 4.78 is 7.53. The van der Waals surface area contributed by atoms with E-state index in [1.807, 2.05) is 24.3 Å². The highest BCUT2D eigenvalue weighted by Crippen LogP contribution is 2.28. The molecule has 2 aromatic rings. The van der Waals surface area contributed by atoms with E-state index < -0.39 is 5.97 Å². The molecule has 1 aliphatic heterocycles. The monoisotopic (exact) mass is 244 g/mol. The molecule has 1 aliphatic rings. The highest BCUT2D eigenvalue weighted by atomic mass is 16.5. The first-order chi connectivity index (χ1) is 8.72. The Kier molecular flexibility index (Phi) is 2.51. The fraction of sp³-hybridized carbons (Fsp3) is 0.231. The van der Waals surface area contributed by atoms with Gasteiger partial charge in [-0.15, -0.1) is 0 Å². The van der Waals surface area contributed by atoms with Crippen molar-refractivity contribution in [1.29, 1.82) is 0 Å². The zero-order chi connectivity index (χ0) is 12.5. The maximum Gasteiger partial charge on any atom is 0.356 e. The number of nitrogens with zero attached hydrogens (tertiary/aromatic N) is 2. The van der Waals surface area contributed by atoms with Crippen molar-refractivity contribution in [3.8, 4) is 5.75 Å². The molecule has 5 nitrogen and oxygen atoms in total. The lowest BCUT2D eigenvalue weighted by molar-refractivity contribution is 0.0690. The number of aromatic nitrogens is 2. The fourth-order valence-electron chi connectivity index (χ4n) is 2.16. The summed E-state index contributed by atoms with van der Waals surface area (Å²) in [5.41, 5.74) is 1.26. The molecule has 0 saturated heterocycles. The van der Waals surface area contributed by atoms with Crippen molar-refractivity contribution in [2.75, 3.05) is 0 Å². The van der Waals surface area contributed by atoms with Crippen LogP contribution in [0.15, 0.2) is 36.8 Å². The minimum Gasteiger partial charge on any atom is -0.488 e. The number of hydrogen-bond acceptors (Lipinski definition) is 3. The van der Waals surface area contributed by atoms with E-state index in [1.165, 1.54) is 18.1 Å². The molecule has 1 N–H and O–H groups in total. The molecule has 2 heterocycles. The Morgan fingerprint density at radius 3 is 3.06 bits per heavy atom. The van der Waals surface area contributed by atoms with E-state index in [0.717, 1.165) is 12.2 Å². The van der Waals surface area contributed by atoms with Gasteiger partial charge in [0, 0.05) is 12.6 Å². The molecule has 0 spiro atoms. The van der Waals surface area contributed by atoms with E-state index in [4.69, 9.17) is 9.84 Å². The van der Waals surface area contributed by atoms with Crippen LogP contribution in [0.25, 0.3) is 0 Å². The third kappa shape index (κ3) is 1.95. The molecular weight excluding hydrogens is 232 g/mol. The van der Waals surface area contributed by atoms with Crippen molar-refractivity contribution in [3.63, 3.8) is 0 Å². The van der Waals surface area contributed by atoms with E-state index >= 15 is 0 Å². The Hall–Kier alpha value is -2.30. The van der Waals surface area contributed by atoms with Crippen molar-refractivity contribution in [1.82, 2.24) is 9.55 Å². The van der Waals surface area contributed by atoms with Gasteiger partial charge in [-0.3, -0.25) is 0 Å². The molecule has 0 bridgehead atoms. The minimum absolute atomic E-state index is 0.0400. The highest BCUT2D eigenvalue weighted by molar-refractivity contribution is 5.84. The Morgan fingerprint density at radius 2 is 2.33 bits per heavy atom. The van der Waals surface area contributed by atoms with Gasteiger partial charge in [0.2, 0.25) is 0 Å². The summed E-state index contributed by atoms with van der Waals surface area (Å²) in [6.45, 7) is 0.606. The number of carboxylic acids is 1. The predicted molar refractivity (Wildman–Crippen MR) is 63.7 cm³/mol. The van der Waals surface area contributed by atoms with E-state index in [0.29, 0.717) is 6.54 Å². The van der Waals surface area contributed by atoms with Gasteiger partial charge in [-0.2, -0.15) is 0 Å². The predicted octanol–water partition coefficient (Wildman–Crippen LogP) is 1.58. The molecule has 0 saturated carbocycles. The molecular formula is C13H12N2O3. The number of aromatic carboxylic acids is 1. The van der Waals surface area contributed by atoms with E-state index in [2.05, 4.69) is 4.98 Å². The third-order valence-corrected chi connectivity index (χ3v) is 2.98. The molecule has 0 radical (unpaired) electrons. The molecule has 3 rings (SSSR count). The van der Waals surface area contributed by atoms with Crippen LogP contribution < -0.4 is 4.74 Å². The topological polar surface area (TPSA) is 64.3 Å². The first-order valence-electron chi connectivity index (χ1n) is 5.72. The van der Waals surface area contributed by atoms with Crippen molar-refractivity contribution in [3.05, 3.63) is 48.0 Å². The molecule has 1 aromatic carbocycles. The van der Waals surface area contributed by atoms with Gasteiger partial charge in [0.15, 0.2) is 5.69 Å². The molecule has 1 aromatic heterocycles. The second-order valence-corrected chi connectivity index (χ2v) is 4.31. The summed E-state index contributed by atoms with van der Waals surface area (Å²) in [4.78, 5) is 14.5. The van der Waals surface area contributed by atoms with Crippen LogP contribution in [0.4, 0.5) is 0 Å². The maximum absolute atomic E-state index is 10.7. The third-order valence-electron chi connectivity index (χ3n) is 2.98. The quantitative estimate of drug-likeness (QED) is 0.890. The Balaban J connectivity index is 1.70. The van der Waals surface area contributed by atoms with Crippen molar-refractivity contribution < 1.29 is 14.6 Å². The SMILES string of the molecule is O=C(O)c1cn(CC2Cc3ccccc3O2)cn1. The molecule has 0 fully saturated rings. The number of imidazole rings is 1. The van der Waals surface area contributed by atoms with Gasteiger partial charge >= 0.3 is 5.97 Å². The molecule has 1 unspecified atom stereocenters. The first-order valence-corrected chi connectivity index (χ1v) is 5.72. The number of ether oxygens (including phenoxy) is 1. The van der Waals surface area contributed by atoms with E-state index in [1.54, 1.807) is 4.57 Å². The zero-order valence-electron chi connectivity index (χ0n) is 9.61. The molecule has 92 valence electrons. The smallest absolute Gasteiger partial charge is 0.356 e. The van der Waals surface area contributed by atoms with Crippen molar-refractivity contribution >= 4 is 5.97 Å². The van der Waals surface area contributed by atoms with Crippen LogP contribution >= 0.6 is 0 Å². The van der Waals surface area contributed by atoms with Gasteiger partial charge in [-0.25, -0.2) is 9.78 Å². The van der Waals surface area contributed by atoms with Crippen LogP contribution in [0.3, 0.4) is 0 Å². The van der Waals surface area contributed by atoms with Crippen molar-refractivity contribution in [2.45, 2.75) is 19.1 Å².